The Morgan fingerprint density at radius 1 is 1.30 bits per heavy atom. The maximum Gasteiger partial charge on any atom is 0.235 e. The highest BCUT2D eigenvalue weighted by molar-refractivity contribution is 7.99. The van der Waals surface area contributed by atoms with Crippen molar-refractivity contribution in [2.24, 2.45) is 14.1 Å². The molecule has 3 heterocycles. The van der Waals surface area contributed by atoms with Gasteiger partial charge in [-0.2, -0.15) is 5.26 Å². The molecule has 0 aromatic carbocycles. The van der Waals surface area contributed by atoms with Gasteiger partial charge >= 0.3 is 0 Å². The van der Waals surface area contributed by atoms with Crippen LogP contribution in [0.15, 0.2) is 23.5 Å². The average molecular weight is 441 g/mol. The predicted octanol–water partition coefficient (Wildman–Crippen LogP) is 3.68. The Bertz CT molecular complexity index is 1100. The van der Waals surface area contributed by atoms with Gasteiger partial charge in [-0.15, -0.1) is 21.5 Å². The molecule has 0 spiro atoms. The molecule has 0 fully saturated rings. The van der Waals surface area contributed by atoms with Gasteiger partial charge in [0.05, 0.1) is 11.3 Å². The van der Waals surface area contributed by atoms with Gasteiger partial charge in [-0.1, -0.05) is 18.2 Å². The van der Waals surface area contributed by atoms with E-state index in [2.05, 4.69) is 32.2 Å². The molecule has 0 atom stereocenters. The summed E-state index contributed by atoms with van der Waals surface area (Å²) in [7, 11) is 3.92. The smallest absolute Gasteiger partial charge is 0.235 e. The number of thioether (sulfide) groups is 1. The number of aromatic nitrogens is 4. The Kier molecular flexibility index (Phi) is 6.25. The van der Waals surface area contributed by atoms with Crippen LogP contribution in [0.4, 0.5) is 5.00 Å². The third-order valence-electron chi connectivity index (χ3n) is 5.43. The third-order valence-corrected chi connectivity index (χ3v) is 7.66. The first-order valence-corrected chi connectivity index (χ1v) is 11.8. The number of nitrogens with one attached hydrogen (secondary N) is 1. The van der Waals surface area contributed by atoms with Crippen LogP contribution in [-0.2, 0) is 38.2 Å². The summed E-state index contributed by atoms with van der Waals surface area (Å²) in [6, 6.07) is 6.37. The molecule has 0 saturated heterocycles. The summed E-state index contributed by atoms with van der Waals surface area (Å²) in [5.41, 5.74) is 2.95. The number of fused-ring (bicyclic) bond motifs is 1. The lowest BCUT2D eigenvalue weighted by Gasteiger charge is -2.06. The molecule has 3 aromatic rings. The highest BCUT2D eigenvalue weighted by atomic mass is 32.2. The molecule has 0 radical (unpaired) electrons. The minimum absolute atomic E-state index is 0.125. The van der Waals surface area contributed by atoms with E-state index in [1.165, 1.54) is 23.1 Å². The molecule has 1 aliphatic carbocycles. The number of carbonyl (C=O) groups is 1. The molecule has 9 heteroatoms. The van der Waals surface area contributed by atoms with E-state index >= 15 is 0 Å². The molecule has 7 nitrogen and oxygen atoms in total. The third kappa shape index (κ3) is 4.30. The summed E-state index contributed by atoms with van der Waals surface area (Å²) >= 11 is 2.92. The van der Waals surface area contributed by atoms with Crippen molar-refractivity contribution < 1.29 is 4.79 Å². The molecule has 1 amide bonds. The van der Waals surface area contributed by atoms with Crippen LogP contribution >= 0.6 is 23.1 Å². The van der Waals surface area contributed by atoms with Crippen LogP contribution in [-0.4, -0.2) is 31.0 Å². The van der Waals surface area contributed by atoms with Crippen LogP contribution in [0.25, 0.3) is 0 Å². The van der Waals surface area contributed by atoms with Crippen molar-refractivity contribution in [2.75, 3.05) is 11.1 Å². The van der Waals surface area contributed by atoms with Gasteiger partial charge in [0.2, 0.25) is 5.91 Å². The number of rotatable bonds is 6. The summed E-state index contributed by atoms with van der Waals surface area (Å²) in [5, 5.41) is 22.5. The Morgan fingerprint density at radius 2 is 2.13 bits per heavy atom. The van der Waals surface area contributed by atoms with E-state index in [1.54, 1.807) is 11.3 Å². The molecule has 0 unspecified atom stereocenters. The van der Waals surface area contributed by atoms with Crippen LogP contribution in [0.1, 0.15) is 46.8 Å². The van der Waals surface area contributed by atoms with Crippen molar-refractivity contribution in [1.29, 1.82) is 5.26 Å². The van der Waals surface area contributed by atoms with Crippen LogP contribution in [0.5, 0.6) is 0 Å². The first-order valence-electron chi connectivity index (χ1n) is 10.0. The molecule has 4 rings (SSSR count). The van der Waals surface area contributed by atoms with Crippen molar-refractivity contribution in [1.82, 2.24) is 19.3 Å². The molecule has 0 bridgehead atoms. The topological polar surface area (TPSA) is 88.5 Å². The zero-order chi connectivity index (χ0) is 21.1. The Labute approximate surface area is 184 Å². The molecular formula is C21H24N6OS2. The van der Waals surface area contributed by atoms with Gasteiger partial charge in [0, 0.05) is 37.3 Å². The summed E-state index contributed by atoms with van der Waals surface area (Å²) in [6.07, 6.45) is 8.09. The maximum atomic E-state index is 12.6. The lowest BCUT2D eigenvalue weighted by molar-refractivity contribution is -0.113. The molecule has 3 aromatic heterocycles. The largest absolute Gasteiger partial charge is 0.354 e. The molecule has 1 aliphatic rings. The second-order valence-corrected chi connectivity index (χ2v) is 9.51. The molecular weight excluding hydrogens is 416 g/mol. The zero-order valence-corrected chi connectivity index (χ0v) is 18.8. The predicted molar refractivity (Wildman–Crippen MR) is 119 cm³/mol. The van der Waals surface area contributed by atoms with Gasteiger partial charge in [-0.3, -0.25) is 4.79 Å². The Balaban J connectivity index is 1.39. The van der Waals surface area contributed by atoms with Crippen LogP contribution in [0.2, 0.25) is 0 Å². The van der Waals surface area contributed by atoms with Gasteiger partial charge in [-0.05, 0) is 43.4 Å². The second-order valence-electron chi connectivity index (χ2n) is 7.46. The number of thiophene rings is 1. The minimum atomic E-state index is -0.125. The van der Waals surface area contributed by atoms with E-state index in [0.717, 1.165) is 42.8 Å². The van der Waals surface area contributed by atoms with Crippen molar-refractivity contribution in [3.63, 3.8) is 0 Å². The highest BCUT2D eigenvalue weighted by Gasteiger charge is 2.21. The van der Waals surface area contributed by atoms with Crippen LogP contribution in [0, 0.1) is 11.3 Å². The fourth-order valence-corrected chi connectivity index (χ4v) is 5.69. The molecule has 0 saturated carbocycles. The van der Waals surface area contributed by atoms with Crippen LogP contribution in [0.3, 0.4) is 0 Å². The van der Waals surface area contributed by atoms with E-state index in [9.17, 15) is 10.1 Å². The number of anilines is 1. The summed E-state index contributed by atoms with van der Waals surface area (Å²) < 4.78 is 3.99. The lowest BCUT2D eigenvalue weighted by Crippen LogP contribution is -2.14. The number of hydrogen-bond acceptors (Lipinski definition) is 6. The van der Waals surface area contributed by atoms with Crippen molar-refractivity contribution in [3.8, 4) is 6.07 Å². The number of nitriles is 1. The SMILES string of the molecule is Cn1cccc1Cc1nnc(SCC(=O)Nc2sc3c(c2C#N)CCCCC3)n1C. The minimum Gasteiger partial charge on any atom is -0.354 e. The average Bonchev–Trinajstić information content (AvgIpc) is 3.33. The summed E-state index contributed by atoms with van der Waals surface area (Å²) in [5.74, 6) is 0.956. The maximum absolute atomic E-state index is 12.6. The summed E-state index contributed by atoms with van der Waals surface area (Å²) in [6.45, 7) is 0. The monoisotopic (exact) mass is 440 g/mol. The second kappa shape index (κ2) is 9.06. The number of aryl methyl sites for hydroxylation is 2. The van der Waals surface area contributed by atoms with E-state index in [1.807, 2.05) is 30.9 Å². The number of carbonyl (C=O) groups excluding carboxylic acids is 1. The van der Waals surface area contributed by atoms with Gasteiger partial charge < -0.3 is 14.5 Å². The first-order chi connectivity index (χ1) is 14.6. The van der Waals surface area contributed by atoms with E-state index < -0.39 is 0 Å². The lowest BCUT2D eigenvalue weighted by atomic mass is 10.1. The highest BCUT2D eigenvalue weighted by Crippen LogP contribution is 2.37. The standard InChI is InChI=1S/C21H24N6OS2/c1-26-10-6-7-14(26)11-18-24-25-21(27(18)2)29-13-19(28)23-20-16(12-22)15-8-4-3-5-9-17(15)30-20/h6-7,10H,3-5,8-9,11,13H2,1-2H3,(H,23,28). The van der Waals surface area contributed by atoms with Gasteiger partial charge in [0.1, 0.15) is 16.9 Å². The number of nitrogens with zero attached hydrogens (tertiary/aromatic N) is 5. The zero-order valence-electron chi connectivity index (χ0n) is 17.1. The van der Waals surface area contributed by atoms with Crippen LogP contribution < -0.4 is 5.32 Å². The van der Waals surface area contributed by atoms with Crippen molar-refractivity contribution in [2.45, 2.75) is 43.7 Å². The van der Waals surface area contributed by atoms with Gasteiger partial charge in [0.25, 0.3) is 0 Å². The van der Waals surface area contributed by atoms with Crippen molar-refractivity contribution >= 4 is 34.0 Å². The molecule has 156 valence electrons. The quantitative estimate of drug-likeness (QED) is 0.467. The van der Waals surface area contributed by atoms with E-state index in [0.29, 0.717) is 22.1 Å². The molecule has 0 aliphatic heterocycles. The normalized spacial score (nSPS) is 13.5. The molecule has 1 N–H and O–H groups in total. The first kappa shape index (κ1) is 20.7. The number of amides is 1. The fraction of sp³-hybridized carbons (Fsp3) is 0.429. The molecule has 30 heavy (non-hydrogen) atoms. The van der Waals surface area contributed by atoms with Gasteiger partial charge in [0.15, 0.2) is 5.16 Å². The summed E-state index contributed by atoms with van der Waals surface area (Å²) in [4.78, 5) is 13.8. The Hall–Kier alpha value is -2.57. The number of hydrogen-bond donors (Lipinski definition) is 1. The van der Waals surface area contributed by atoms with E-state index in [-0.39, 0.29) is 11.7 Å². The van der Waals surface area contributed by atoms with Gasteiger partial charge in [-0.25, -0.2) is 0 Å². The van der Waals surface area contributed by atoms with E-state index in [4.69, 9.17) is 0 Å². The Morgan fingerprint density at radius 3 is 2.90 bits per heavy atom. The fourth-order valence-electron chi connectivity index (χ4n) is 3.71. The van der Waals surface area contributed by atoms with Crippen molar-refractivity contribution in [3.05, 3.63) is 45.9 Å².